The van der Waals surface area contributed by atoms with Gasteiger partial charge >= 0.3 is 6.18 Å². The Morgan fingerprint density at radius 3 is 2.59 bits per heavy atom. The molecule has 2 aromatic rings. The van der Waals surface area contributed by atoms with Crippen LogP contribution in [0.15, 0.2) is 48.5 Å². The molecule has 1 amide bonds. The number of nitrogens with zero attached hydrogens (tertiary/aromatic N) is 2. The van der Waals surface area contributed by atoms with E-state index in [-0.39, 0.29) is 18.2 Å². The van der Waals surface area contributed by atoms with Gasteiger partial charge in [0.2, 0.25) is 5.91 Å². The Bertz CT molecular complexity index is 948. The fourth-order valence-electron chi connectivity index (χ4n) is 4.31. The van der Waals surface area contributed by atoms with Crippen molar-refractivity contribution >= 4 is 5.91 Å². The maximum absolute atomic E-state index is 13.0. The summed E-state index contributed by atoms with van der Waals surface area (Å²) < 4.78 is 44.3. The first-order valence-corrected chi connectivity index (χ1v) is 10.5. The minimum atomic E-state index is -4.45. The predicted molar refractivity (Wildman–Crippen MR) is 115 cm³/mol. The number of likely N-dealkylation sites (tertiary alicyclic amines) is 1. The van der Waals surface area contributed by atoms with Crippen LogP contribution < -0.4 is 4.74 Å². The zero-order valence-electron chi connectivity index (χ0n) is 18.5. The number of piperidine rings is 1. The lowest BCUT2D eigenvalue weighted by atomic mass is 9.75. The summed E-state index contributed by atoms with van der Waals surface area (Å²) in [6.07, 6.45) is -4.24. The molecule has 2 aromatic carbocycles. The molecule has 1 aliphatic rings. The molecule has 3 rings (SSSR count). The molecule has 0 aliphatic carbocycles. The van der Waals surface area contributed by atoms with E-state index in [0.29, 0.717) is 37.4 Å². The summed E-state index contributed by atoms with van der Waals surface area (Å²) in [4.78, 5) is 16.5. The lowest BCUT2D eigenvalue weighted by molar-refractivity contribution is -0.141. The number of hydrogen-bond acceptors (Lipinski definition) is 4. The number of rotatable bonds is 6. The van der Waals surface area contributed by atoms with E-state index in [1.54, 1.807) is 12.0 Å². The molecule has 2 unspecified atom stereocenters. The highest BCUT2D eigenvalue weighted by Crippen LogP contribution is 2.39. The standard InChI is InChI=1S/C24H29F3N2O3/c1-28(2)15-20-16-29(11-10-23(20,31)18-7-5-9-21(14-18)32-3)22(30)13-17-6-4-8-19(12-17)24(25,26)27/h4-9,12,14,20,31H,10-11,13,15-16H2,1-3H3. The van der Waals surface area contributed by atoms with Gasteiger partial charge in [0, 0.05) is 25.6 Å². The van der Waals surface area contributed by atoms with Crippen LogP contribution >= 0.6 is 0 Å². The van der Waals surface area contributed by atoms with Crippen LogP contribution in [0.4, 0.5) is 13.2 Å². The van der Waals surface area contributed by atoms with Crippen LogP contribution in [0.1, 0.15) is 23.1 Å². The first-order chi connectivity index (χ1) is 15.0. The number of ether oxygens (including phenoxy) is 1. The summed E-state index contributed by atoms with van der Waals surface area (Å²) in [5.41, 5.74) is -0.859. The van der Waals surface area contributed by atoms with Gasteiger partial charge in [0.1, 0.15) is 5.75 Å². The van der Waals surface area contributed by atoms with Crippen molar-refractivity contribution in [2.24, 2.45) is 5.92 Å². The number of amides is 1. The highest BCUT2D eigenvalue weighted by Gasteiger charge is 2.44. The third-order valence-electron chi connectivity index (χ3n) is 6.00. The zero-order chi connectivity index (χ0) is 23.5. The van der Waals surface area contributed by atoms with Crippen molar-refractivity contribution in [3.63, 3.8) is 0 Å². The minimum Gasteiger partial charge on any atom is -0.497 e. The van der Waals surface area contributed by atoms with Gasteiger partial charge in [0.15, 0.2) is 0 Å². The number of carbonyl (C=O) groups is 1. The van der Waals surface area contributed by atoms with E-state index in [2.05, 4.69) is 0 Å². The smallest absolute Gasteiger partial charge is 0.416 e. The van der Waals surface area contributed by atoms with Crippen LogP contribution in [0.25, 0.3) is 0 Å². The number of halogens is 3. The third-order valence-corrected chi connectivity index (χ3v) is 6.00. The van der Waals surface area contributed by atoms with Crippen molar-refractivity contribution in [1.82, 2.24) is 9.80 Å². The zero-order valence-corrected chi connectivity index (χ0v) is 18.5. The average molecular weight is 451 g/mol. The van der Waals surface area contributed by atoms with Crippen molar-refractivity contribution in [2.75, 3.05) is 40.8 Å². The quantitative estimate of drug-likeness (QED) is 0.732. The molecule has 0 aromatic heterocycles. The van der Waals surface area contributed by atoms with Crippen LogP contribution in [0.3, 0.4) is 0 Å². The van der Waals surface area contributed by atoms with Gasteiger partial charge in [-0.2, -0.15) is 13.2 Å². The third kappa shape index (κ3) is 5.42. The van der Waals surface area contributed by atoms with Crippen LogP contribution in [0.5, 0.6) is 5.75 Å². The van der Waals surface area contributed by atoms with Gasteiger partial charge in [0.05, 0.1) is 24.7 Å². The molecule has 8 heteroatoms. The second-order valence-electron chi connectivity index (χ2n) is 8.58. The Balaban J connectivity index is 1.79. The summed E-state index contributed by atoms with van der Waals surface area (Å²) in [6.45, 7) is 1.17. The maximum atomic E-state index is 13.0. The molecule has 1 heterocycles. The van der Waals surface area contributed by atoms with Gasteiger partial charge in [-0.05, 0) is 49.8 Å². The minimum absolute atomic E-state index is 0.115. The van der Waals surface area contributed by atoms with Gasteiger partial charge in [-0.25, -0.2) is 0 Å². The molecule has 0 radical (unpaired) electrons. The lowest BCUT2D eigenvalue weighted by Crippen LogP contribution is -2.54. The van der Waals surface area contributed by atoms with Crippen LogP contribution in [0, 0.1) is 5.92 Å². The van der Waals surface area contributed by atoms with Crippen molar-refractivity contribution < 1.29 is 27.8 Å². The highest BCUT2D eigenvalue weighted by atomic mass is 19.4. The van der Waals surface area contributed by atoms with Gasteiger partial charge in [-0.1, -0.05) is 30.3 Å². The van der Waals surface area contributed by atoms with Crippen LogP contribution in [0.2, 0.25) is 0 Å². The summed E-state index contributed by atoms with van der Waals surface area (Å²) in [7, 11) is 5.36. The molecular weight excluding hydrogens is 421 g/mol. The Morgan fingerprint density at radius 1 is 1.22 bits per heavy atom. The average Bonchev–Trinajstić information content (AvgIpc) is 2.74. The second kappa shape index (κ2) is 9.50. The Kier molecular flexibility index (Phi) is 7.15. The van der Waals surface area contributed by atoms with E-state index < -0.39 is 17.3 Å². The molecule has 1 saturated heterocycles. The molecule has 5 nitrogen and oxygen atoms in total. The van der Waals surface area contributed by atoms with E-state index >= 15 is 0 Å². The van der Waals surface area contributed by atoms with Crippen molar-refractivity contribution in [2.45, 2.75) is 24.6 Å². The summed E-state index contributed by atoms with van der Waals surface area (Å²) >= 11 is 0. The molecule has 1 fully saturated rings. The number of benzene rings is 2. The molecule has 0 saturated carbocycles. The molecule has 1 N–H and O–H groups in total. The number of methoxy groups -OCH3 is 1. The Labute approximate surface area is 186 Å². The molecule has 174 valence electrons. The van der Waals surface area contributed by atoms with E-state index in [1.165, 1.54) is 12.1 Å². The second-order valence-corrected chi connectivity index (χ2v) is 8.58. The summed E-state index contributed by atoms with van der Waals surface area (Å²) in [6, 6.07) is 12.2. The first kappa shape index (κ1) is 24.1. The molecular formula is C24H29F3N2O3. The van der Waals surface area contributed by atoms with E-state index in [0.717, 1.165) is 17.7 Å². The SMILES string of the molecule is COc1cccc(C2(O)CCN(C(=O)Cc3cccc(C(F)(F)F)c3)CC2CN(C)C)c1. The maximum Gasteiger partial charge on any atom is 0.416 e. The molecule has 0 spiro atoms. The van der Waals surface area contributed by atoms with Crippen molar-refractivity contribution in [3.8, 4) is 5.75 Å². The van der Waals surface area contributed by atoms with Crippen molar-refractivity contribution in [3.05, 3.63) is 65.2 Å². The molecule has 32 heavy (non-hydrogen) atoms. The predicted octanol–water partition coefficient (Wildman–Crippen LogP) is 3.55. The van der Waals surface area contributed by atoms with E-state index in [4.69, 9.17) is 4.74 Å². The fraction of sp³-hybridized carbons (Fsp3) is 0.458. The van der Waals surface area contributed by atoms with E-state index in [1.807, 2.05) is 43.3 Å². The largest absolute Gasteiger partial charge is 0.497 e. The lowest BCUT2D eigenvalue weighted by Gasteiger charge is -2.46. The molecule has 2 atom stereocenters. The van der Waals surface area contributed by atoms with Crippen molar-refractivity contribution in [1.29, 1.82) is 0 Å². The Morgan fingerprint density at radius 2 is 1.94 bits per heavy atom. The van der Waals surface area contributed by atoms with Gasteiger partial charge < -0.3 is 19.6 Å². The highest BCUT2D eigenvalue weighted by molar-refractivity contribution is 5.79. The normalized spacial score (nSPS) is 21.6. The number of alkyl halides is 3. The van der Waals surface area contributed by atoms with Gasteiger partial charge in [-0.15, -0.1) is 0 Å². The van der Waals surface area contributed by atoms with Crippen LogP contribution in [-0.2, 0) is 23.0 Å². The number of aliphatic hydroxyl groups is 1. The summed E-state index contributed by atoms with van der Waals surface area (Å²) in [5, 5.41) is 11.6. The van der Waals surface area contributed by atoms with Crippen LogP contribution in [-0.4, -0.2) is 61.7 Å². The fourth-order valence-corrected chi connectivity index (χ4v) is 4.31. The van der Waals surface area contributed by atoms with E-state index in [9.17, 15) is 23.1 Å². The topological polar surface area (TPSA) is 53.0 Å². The van der Waals surface area contributed by atoms with Gasteiger partial charge in [-0.3, -0.25) is 4.79 Å². The monoisotopic (exact) mass is 450 g/mol. The first-order valence-electron chi connectivity index (χ1n) is 10.5. The number of hydrogen-bond donors (Lipinski definition) is 1. The molecule has 0 bridgehead atoms. The summed E-state index contributed by atoms with van der Waals surface area (Å²) in [5.74, 6) is 0.118. The number of carbonyl (C=O) groups excluding carboxylic acids is 1. The Hall–Kier alpha value is -2.58. The molecule has 1 aliphatic heterocycles. The van der Waals surface area contributed by atoms with Gasteiger partial charge in [0.25, 0.3) is 0 Å².